The molecule has 5 nitrogen and oxygen atoms in total. The average Bonchev–Trinajstić information content (AvgIpc) is 2.85. The van der Waals surface area contributed by atoms with E-state index < -0.39 is 0 Å². The molecule has 1 aromatic rings. The van der Waals surface area contributed by atoms with E-state index in [2.05, 4.69) is 10.0 Å². The molecule has 1 fully saturated rings. The number of carbonyl (C=O) groups excluding carboxylic acids is 1. The maximum atomic E-state index is 12.1. The largest absolute Gasteiger partial charge is 0.339 e. The first-order valence-electron chi connectivity index (χ1n) is 5.36. The second kappa shape index (κ2) is 5.08. The summed E-state index contributed by atoms with van der Waals surface area (Å²) in [6, 6.07) is 4.76. The summed E-state index contributed by atoms with van der Waals surface area (Å²) in [5, 5.41) is 3.80. The van der Waals surface area contributed by atoms with Gasteiger partial charge in [-0.3, -0.25) is 4.79 Å². The lowest BCUT2D eigenvalue weighted by Gasteiger charge is -2.15. The van der Waals surface area contributed by atoms with Gasteiger partial charge in [-0.15, -0.1) is 0 Å². The average molecular weight is 251 g/mol. The van der Waals surface area contributed by atoms with Crippen molar-refractivity contribution in [2.75, 3.05) is 13.1 Å². The van der Waals surface area contributed by atoms with Gasteiger partial charge in [0.25, 0.3) is 5.91 Å². The molecule has 0 unspecified atom stereocenters. The normalized spacial score (nSPS) is 14.5. The lowest BCUT2D eigenvalue weighted by molar-refractivity contribution is 0.0793. The van der Waals surface area contributed by atoms with E-state index in [1.165, 1.54) is 6.07 Å². The number of carbonyl (C=O) groups is 1. The van der Waals surface area contributed by atoms with Gasteiger partial charge >= 0.3 is 0 Å². The van der Waals surface area contributed by atoms with Crippen LogP contribution in [0.1, 0.15) is 23.2 Å². The molecule has 0 bridgehead atoms. The Hall–Kier alpha value is -1.71. The van der Waals surface area contributed by atoms with E-state index in [1.807, 2.05) is 0 Å². The zero-order valence-electron chi connectivity index (χ0n) is 9.14. The summed E-state index contributed by atoms with van der Waals surface area (Å²) >= 11 is 5.85. The summed E-state index contributed by atoms with van der Waals surface area (Å²) in [6.45, 7) is 1.58. The lowest BCUT2D eigenvalue weighted by Crippen LogP contribution is -2.27. The third kappa shape index (κ3) is 2.52. The number of hydrogen-bond donors (Lipinski definition) is 0. The Morgan fingerprint density at radius 1 is 1.41 bits per heavy atom. The monoisotopic (exact) mass is 250 g/mol. The molecule has 0 spiro atoms. The second-order valence-corrected chi connectivity index (χ2v) is 4.26. The second-order valence-electron chi connectivity index (χ2n) is 3.85. The van der Waals surface area contributed by atoms with Crippen molar-refractivity contribution in [2.24, 2.45) is 5.11 Å². The Kier molecular flexibility index (Phi) is 3.52. The molecule has 88 valence electrons. The summed E-state index contributed by atoms with van der Waals surface area (Å²) in [7, 11) is 0. The minimum absolute atomic E-state index is 0.0337. The molecule has 17 heavy (non-hydrogen) atoms. The van der Waals surface area contributed by atoms with Crippen LogP contribution in [-0.4, -0.2) is 23.9 Å². The first-order valence-corrected chi connectivity index (χ1v) is 5.74. The number of hydrogen-bond acceptors (Lipinski definition) is 2. The molecule has 0 N–H and O–H groups in total. The van der Waals surface area contributed by atoms with E-state index in [-0.39, 0.29) is 5.91 Å². The van der Waals surface area contributed by atoms with E-state index in [1.54, 1.807) is 17.0 Å². The van der Waals surface area contributed by atoms with Crippen LogP contribution in [0.4, 0.5) is 5.69 Å². The highest BCUT2D eigenvalue weighted by Crippen LogP contribution is 2.27. The predicted octanol–water partition coefficient (Wildman–Crippen LogP) is 3.52. The van der Waals surface area contributed by atoms with Crippen LogP contribution in [0.15, 0.2) is 23.3 Å². The van der Waals surface area contributed by atoms with Crippen molar-refractivity contribution < 1.29 is 4.79 Å². The Bertz CT molecular complexity index is 490. The first kappa shape index (κ1) is 11.8. The van der Waals surface area contributed by atoms with E-state index in [9.17, 15) is 4.79 Å². The van der Waals surface area contributed by atoms with E-state index in [4.69, 9.17) is 17.1 Å². The fraction of sp³-hybridized carbons (Fsp3) is 0.364. The molecular weight excluding hydrogens is 240 g/mol. The number of rotatable bonds is 2. The SMILES string of the molecule is [N-]=[N+]=Nc1cc(C(=O)N2CCCC2)ccc1Cl. The zero-order valence-corrected chi connectivity index (χ0v) is 9.89. The molecule has 0 radical (unpaired) electrons. The van der Waals surface area contributed by atoms with Gasteiger partial charge in [-0.1, -0.05) is 16.7 Å². The number of nitrogens with zero attached hydrogens (tertiary/aromatic N) is 4. The Labute approximate surface area is 104 Å². The topological polar surface area (TPSA) is 69.1 Å². The van der Waals surface area contributed by atoms with Gasteiger partial charge in [0.2, 0.25) is 0 Å². The number of amides is 1. The van der Waals surface area contributed by atoms with Crippen molar-refractivity contribution in [1.82, 2.24) is 4.90 Å². The molecule has 0 aromatic heterocycles. The third-order valence-electron chi connectivity index (χ3n) is 2.74. The molecular formula is C11H11ClN4O. The maximum absolute atomic E-state index is 12.1. The van der Waals surface area contributed by atoms with Gasteiger partial charge in [-0.2, -0.15) is 0 Å². The minimum Gasteiger partial charge on any atom is -0.339 e. The van der Waals surface area contributed by atoms with Crippen molar-refractivity contribution in [2.45, 2.75) is 12.8 Å². The predicted molar refractivity (Wildman–Crippen MR) is 65.4 cm³/mol. The molecule has 1 aromatic carbocycles. The highest BCUT2D eigenvalue weighted by atomic mass is 35.5. The summed E-state index contributed by atoms with van der Waals surface area (Å²) in [6.07, 6.45) is 2.09. The van der Waals surface area contributed by atoms with Gasteiger partial charge in [-0.25, -0.2) is 0 Å². The van der Waals surface area contributed by atoms with Crippen LogP contribution < -0.4 is 0 Å². The highest BCUT2D eigenvalue weighted by Gasteiger charge is 2.19. The van der Waals surface area contributed by atoms with Crippen molar-refractivity contribution >= 4 is 23.2 Å². The van der Waals surface area contributed by atoms with Crippen LogP contribution in [0.25, 0.3) is 10.4 Å². The van der Waals surface area contributed by atoms with E-state index >= 15 is 0 Å². The summed E-state index contributed by atoms with van der Waals surface area (Å²) in [5.41, 5.74) is 9.19. The number of benzene rings is 1. The van der Waals surface area contributed by atoms with Crippen LogP contribution in [-0.2, 0) is 0 Å². The van der Waals surface area contributed by atoms with Crippen molar-refractivity contribution in [1.29, 1.82) is 0 Å². The standard InChI is InChI=1S/C11H11ClN4O/c12-9-4-3-8(7-10(9)14-15-13)11(17)16-5-1-2-6-16/h3-4,7H,1-2,5-6H2. The smallest absolute Gasteiger partial charge is 0.253 e. The minimum atomic E-state index is -0.0337. The summed E-state index contributed by atoms with van der Waals surface area (Å²) < 4.78 is 0. The van der Waals surface area contributed by atoms with Crippen LogP contribution in [0.5, 0.6) is 0 Å². The summed E-state index contributed by atoms with van der Waals surface area (Å²) in [5.74, 6) is -0.0337. The molecule has 2 rings (SSSR count). The van der Waals surface area contributed by atoms with Gasteiger partial charge < -0.3 is 4.90 Å². The van der Waals surface area contributed by atoms with Gasteiger partial charge in [0.05, 0.1) is 10.7 Å². The van der Waals surface area contributed by atoms with Gasteiger partial charge in [-0.05, 0) is 36.6 Å². The molecule has 0 atom stereocenters. The van der Waals surface area contributed by atoms with Crippen LogP contribution in [0.2, 0.25) is 5.02 Å². The summed E-state index contributed by atoms with van der Waals surface area (Å²) in [4.78, 5) is 16.5. The number of azide groups is 1. The van der Waals surface area contributed by atoms with Crippen molar-refractivity contribution in [3.05, 3.63) is 39.2 Å². The van der Waals surface area contributed by atoms with Crippen LogP contribution in [0.3, 0.4) is 0 Å². The fourth-order valence-electron chi connectivity index (χ4n) is 1.87. The quantitative estimate of drug-likeness (QED) is 0.450. The Balaban J connectivity index is 2.29. The maximum Gasteiger partial charge on any atom is 0.253 e. The first-order chi connectivity index (χ1) is 8.22. The van der Waals surface area contributed by atoms with E-state index in [0.717, 1.165) is 25.9 Å². The van der Waals surface area contributed by atoms with Gasteiger partial charge in [0.1, 0.15) is 0 Å². The third-order valence-corrected chi connectivity index (χ3v) is 3.06. The molecule has 1 saturated heterocycles. The molecule has 1 aliphatic rings. The van der Waals surface area contributed by atoms with Crippen molar-refractivity contribution in [3.8, 4) is 0 Å². The molecule has 1 aliphatic heterocycles. The Morgan fingerprint density at radius 2 is 2.12 bits per heavy atom. The van der Waals surface area contributed by atoms with E-state index in [0.29, 0.717) is 16.3 Å². The number of halogens is 1. The fourth-order valence-corrected chi connectivity index (χ4v) is 2.03. The number of likely N-dealkylation sites (tertiary alicyclic amines) is 1. The Morgan fingerprint density at radius 3 is 2.76 bits per heavy atom. The molecule has 0 aliphatic carbocycles. The molecule has 1 heterocycles. The van der Waals surface area contributed by atoms with Crippen LogP contribution in [0, 0.1) is 0 Å². The molecule has 6 heteroatoms. The lowest BCUT2D eigenvalue weighted by atomic mass is 10.2. The zero-order chi connectivity index (χ0) is 12.3. The highest BCUT2D eigenvalue weighted by molar-refractivity contribution is 6.33. The molecule has 0 saturated carbocycles. The van der Waals surface area contributed by atoms with Crippen LogP contribution >= 0.6 is 11.6 Å². The molecule has 1 amide bonds. The van der Waals surface area contributed by atoms with Gasteiger partial charge in [0, 0.05) is 23.6 Å². The van der Waals surface area contributed by atoms with Gasteiger partial charge in [0.15, 0.2) is 0 Å². The van der Waals surface area contributed by atoms with Crippen molar-refractivity contribution in [3.63, 3.8) is 0 Å².